The van der Waals surface area contributed by atoms with Gasteiger partial charge in [0.2, 0.25) is 16.0 Å². The van der Waals surface area contributed by atoms with E-state index in [1.165, 1.54) is 26.4 Å². The molecule has 2 N–H and O–H groups in total. The van der Waals surface area contributed by atoms with Crippen LogP contribution in [0.25, 0.3) is 0 Å². The Hall–Kier alpha value is -1.86. The maximum Gasteiger partial charge on any atom is 0.240 e. The Balaban J connectivity index is 1.62. The Morgan fingerprint density at radius 2 is 1.94 bits per heavy atom. The van der Waals surface area contributed by atoms with E-state index in [1.807, 2.05) is 4.57 Å². The van der Waals surface area contributed by atoms with Crippen LogP contribution in [0.5, 0.6) is 0 Å². The average Bonchev–Trinajstić information content (AvgIpc) is 3.41. The van der Waals surface area contributed by atoms with Crippen LogP contribution in [0.2, 0.25) is 5.02 Å². The quantitative estimate of drug-likeness (QED) is 0.472. The second-order valence-electron chi connectivity index (χ2n) is 8.86. The van der Waals surface area contributed by atoms with E-state index in [9.17, 15) is 13.5 Å². The summed E-state index contributed by atoms with van der Waals surface area (Å²) in [5, 5.41) is 17.3. The van der Waals surface area contributed by atoms with Gasteiger partial charge in [-0.3, -0.25) is 9.29 Å². The van der Waals surface area contributed by atoms with Crippen molar-refractivity contribution in [3.05, 3.63) is 29.1 Å². The molecule has 0 unspecified atom stereocenters. The van der Waals surface area contributed by atoms with Crippen LogP contribution in [0.15, 0.2) is 12.4 Å². The fourth-order valence-corrected chi connectivity index (χ4v) is 5.62. The van der Waals surface area contributed by atoms with Gasteiger partial charge in [0, 0.05) is 39.1 Å². The van der Waals surface area contributed by atoms with Gasteiger partial charge in [-0.05, 0) is 38.5 Å². The van der Waals surface area contributed by atoms with Gasteiger partial charge in [0.25, 0.3) is 0 Å². The lowest BCUT2D eigenvalue weighted by atomic mass is 9.75. The van der Waals surface area contributed by atoms with E-state index in [4.69, 9.17) is 21.1 Å². The van der Waals surface area contributed by atoms with Gasteiger partial charge in [-0.25, -0.2) is 18.4 Å². The first-order valence-corrected chi connectivity index (χ1v) is 12.7. The predicted molar refractivity (Wildman–Crippen MR) is 120 cm³/mol. The molecule has 0 amide bonds. The van der Waals surface area contributed by atoms with Crippen molar-refractivity contribution < 1.29 is 23.0 Å². The number of sulfonamides is 1. The molecule has 2 heterocycles. The number of anilines is 1. The molecule has 182 valence electrons. The molecule has 2 aromatic heterocycles. The van der Waals surface area contributed by atoms with E-state index in [2.05, 4.69) is 24.9 Å². The second-order valence-corrected chi connectivity index (χ2v) is 11.3. The largest absolute Gasteiger partial charge is 0.396 e. The molecule has 0 bridgehead atoms. The summed E-state index contributed by atoms with van der Waals surface area (Å²) in [6, 6.07) is 0. The van der Waals surface area contributed by atoms with Crippen molar-refractivity contribution in [2.75, 3.05) is 32.2 Å². The molecule has 2 aliphatic carbocycles. The van der Waals surface area contributed by atoms with Crippen LogP contribution < -0.4 is 4.72 Å². The number of aliphatic hydroxyl groups is 1. The number of methoxy groups -OCH3 is 2. The second kappa shape index (κ2) is 9.41. The number of nitrogens with one attached hydrogen (secondary N) is 1. The number of aromatic nitrogens is 5. The number of nitrogens with zero attached hydrogens (tertiary/aromatic N) is 5. The lowest BCUT2D eigenvalue weighted by molar-refractivity contribution is 0.0950. The maximum absolute atomic E-state index is 13.3. The zero-order valence-electron chi connectivity index (χ0n) is 18.8. The molecular formula is C20H29ClN6O5S. The fraction of sp³-hybridized carbons (Fsp3) is 0.700. The molecule has 13 heteroatoms. The predicted octanol–water partition coefficient (Wildman–Crippen LogP) is 1.86. The molecule has 2 saturated carbocycles. The van der Waals surface area contributed by atoms with Crippen molar-refractivity contribution in [3.63, 3.8) is 0 Å². The van der Waals surface area contributed by atoms with Gasteiger partial charge in [0.1, 0.15) is 17.2 Å². The summed E-state index contributed by atoms with van der Waals surface area (Å²) in [6.07, 6.45) is 5.14. The van der Waals surface area contributed by atoms with Crippen molar-refractivity contribution in [3.8, 4) is 0 Å². The zero-order chi connectivity index (χ0) is 23.8. The Bertz CT molecular complexity index is 1070. The Morgan fingerprint density at radius 3 is 2.48 bits per heavy atom. The third kappa shape index (κ3) is 4.72. The first-order valence-electron chi connectivity index (χ1n) is 10.8. The van der Waals surface area contributed by atoms with Gasteiger partial charge in [-0.2, -0.15) is 0 Å². The van der Waals surface area contributed by atoms with Gasteiger partial charge in [-0.15, -0.1) is 10.2 Å². The lowest BCUT2D eigenvalue weighted by Crippen LogP contribution is -2.36. The highest BCUT2D eigenvalue weighted by Crippen LogP contribution is 2.50. The van der Waals surface area contributed by atoms with Gasteiger partial charge in [0.15, 0.2) is 5.82 Å². The first-order chi connectivity index (χ1) is 15.7. The smallest absolute Gasteiger partial charge is 0.240 e. The third-order valence-electron chi connectivity index (χ3n) is 6.56. The number of hydrogen-bond donors (Lipinski definition) is 2. The van der Waals surface area contributed by atoms with Crippen LogP contribution in [0.3, 0.4) is 0 Å². The number of ether oxygens (including phenoxy) is 2. The molecule has 2 atom stereocenters. The molecule has 0 saturated heterocycles. The van der Waals surface area contributed by atoms with Crippen molar-refractivity contribution >= 4 is 27.6 Å². The van der Waals surface area contributed by atoms with E-state index in [0.717, 1.165) is 31.5 Å². The van der Waals surface area contributed by atoms with Crippen LogP contribution in [0, 0.1) is 5.92 Å². The van der Waals surface area contributed by atoms with E-state index < -0.39 is 21.4 Å². The molecule has 2 fully saturated rings. The minimum Gasteiger partial charge on any atom is -0.396 e. The molecule has 33 heavy (non-hydrogen) atoms. The van der Waals surface area contributed by atoms with Crippen LogP contribution in [0.4, 0.5) is 5.95 Å². The van der Waals surface area contributed by atoms with Crippen molar-refractivity contribution in [1.29, 1.82) is 0 Å². The average molecular weight is 501 g/mol. The van der Waals surface area contributed by atoms with Gasteiger partial charge in [0.05, 0.1) is 17.2 Å². The lowest BCUT2D eigenvalue weighted by Gasteiger charge is -2.35. The highest BCUT2D eigenvalue weighted by atomic mass is 35.5. The van der Waals surface area contributed by atoms with E-state index in [-0.39, 0.29) is 35.8 Å². The SMILES string of the molecule is COCC1(n2c(NS(=O)(=O)[C@@H](C)[C@H](OC)c3ncc(Cl)cn3)nnc2[C@H]2C[C@@H](CO)C2)CC1. The van der Waals surface area contributed by atoms with E-state index in [0.29, 0.717) is 11.6 Å². The highest BCUT2D eigenvalue weighted by molar-refractivity contribution is 7.93. The van der Waals surface area contributed by atoms with Gasteiger partial charge >= 0.3 is 0 Å². The molecular weight excluding hydrogens is 472 g/mol. The highest BCUT2D eigenvalue weighted by Gasteiger charge is 2.50. The number of rotatable bonds is 11. The van der Waals surface area contributed by atoms with Crippen LogP contribution in [-0.2, 0) is 25.0 Å². The Labute approximate surface area is 197 Å². The van der Waals surface area contributed by atoms with Crippen LogP contribution in [-0.4, -0.2) is 70.9 Å². The molecule has 0 aliphatic heterocycles. The Morgan fingerprint density at radius 1 is 1.27 bits per heavy atom. The topological polar surface area (TPSA) is 141 Å². The summed E-state index contributed by atoms with van der Waals surface area (Å²) in [6.45, 7) is 2.09. The molecule has 2 aliphatic rings. The van der Waals surface area contributed by atoms with E-state index in [1.54, 1.807) is 7.11 Å². The molecule has 0 spiro atoms. The number of halogens is 1. The maximum atomic E-state index is 13.3. The summed E-state index contributed by atoms with van der Waals surface area (Å²) < 4.78 is 42.1. The molecule has 4 rings (SSSR count). The van der Waals surface area contributed by atoms with E-state index >= 15 is 0 Å². The number of hydrogen-bond acceptors (Lipinski definition) is 9. The third-order valence-corrected chi connectivity index (χ3v) is 8.45. The normalized spacial score (nSPS) is 23.5. The number of aliphatic hydroxyl groups excluding tert-OH is 1. The standard InChI is InChI=1S/C20H29ClN6O5S/c1-12(16(32-3)17-22-8-15(21)9-23-17)33(29,30)26-19-25-24-18(14-6-13(7-14)10-28)27(19)20(4-5-20)11-31-2/h8-9,12-14,16,28H,4-7,10-11H2,1-3H3,(H,25,26)/t12-,13-,14+,16-/m0/s1. The summed E-state index contributed by atoms with van der Waals surface area (Å²) in [5.74, 6) is 1.45. The monoisotopic (exact) mass is 500 g/mol. The molecule has 0 aromatic carbocycles. The van der Waals surface area contributed by atoms with Crippen LogP contribution >= 0.6 is 11.6 Å². The molecule has 2 aromatic rings. The summed E-state index contributed by atoms with van der Waals surface area (Å²) in [5.41, 5.74) is -0.376. The molecule has 11 nitrogen and oxygen atoms in total. The molecule has 0 radical (unpaired) electrons. The first kappa shape index (κ1) is 24.3. The fourth-order valence-electron chi connectivity index (χ4n) is 4.39. The zero-order valence-corrected chi connectivity index (χ0v) is 20.4. The van der Waals surface area contributed by atoms with Crippen molar-refractivity contribution in [2.24, 2.45) is 5.92 Å². The van der Waals surface area contributed by atoms with Crippen LogP contribution in [0.1, 0.15) is 56.3 Å². The van der Waals surface area contributed by atoms with Gasteiger partial charge < -0.3 is 14.6 Å². The summed E-state index contributed by atoms with van der Waals surface area (Å²) in [7, 11) is -0.936. The van der Waals surface area contributed by atoms with Crippen molar-refractivity contribution in [1.82, 2.24) is 24.7 Å². The Kier molecular flexibility index (Phi) is 6.92. The van der Waals surface area contributed by atoms with Gasteiger partial charge in [-0.1, -0.05) is 11.6 Å². The minimum atomic E-state index is -3.96. The summed E-state index contributed by atoms with van der Waals surface area (Å²) >= 11 is 5.85. The minimum absolute atomic E-state index is 0.119. The van der Waals surface area contributed by atoms with Crippen molar-refractivity contribution in [2.45, 2.75) is 55.4 Å². The summed E-state index contributed by atoms with van der Waals surface area (Å²) in [4.78, 5) is 8.23.